The molecule has 1 saturated heterocycles. The molecular weight excluding hydrogens is 270 g/mol. The second-order valence-corrected chi connectivity index (χ2v) is 5.40. The molecule has 0 spiro atoms. The molecule has 0 aromatic heterocycles. The largest absolute Gasteiger partial charge is 0.481 e. The maximum Gasteiger partial charge on any atom is 0.305 e. The van der Waals surface area contributed by atoms with Gasteiger partial charge in [-0.15, -0.1) is 0 Å². The normalized spacial score (nSPS) is 17.2. The van der Waals surface area contributed by atoms with Crippen molar-refractivity contribution in [3.63, 3.8) is 0 Å². The molecule has 0 radical (unpaired) electrons. The van der Waals surface area contributed by atoms with Crippen molar-refractivity contribution in [3.8, 4) is 0 Å². The number of carboxylic acid groups (broad SMARTS) is 1. The van der Waals surface area contributed by atoms with Gasteiger partial charge in [-0.3, -0.25) is 9.59 Å². The molecule has 1 aromatic rings. The second-order valence-electron chi connectivity index (χ2n) is 5.40. The van der Waals surface area contributed by atoms with E-state index < -0.39 is 12.0 Å². The molecule has 0 aliphatic carbocycles. The molecule has 5 nitrogen and oxygen atoms in total. The van der Waals surface area contributed by atoms with Crippen LogP contribution in [-0.4, -0.2) is 30.2 Å². The van der Waals surface area contributed by atoms with E-state index in [-0.39, 0.29) is 18.2 Å². The summed E-state index contributed by atoms with van der Waals surface area (Å²) in [4.78, 5) is 23.4. The number of nitrogens with one attached hydrogen (secondary N) is 1. The molecule has 1 aliphatic heterocycles. The summed E-state index contributed by atoms with van der Waals surface area (Å²) < 4.78 is 5.25. The van der Waals surface area contributed by atoms with Crippen LogP contribution in [0.15, 0.2) is 24.3 Å². The number of aryl methyl sites for hydroxylation is 1. The Bertz CT molecular complexity index is 509. The summed E-state index contributed by atoms with van der Waals surface area (Å²) in [5.41, 5.74) is 1.84. The van der Waals surface area contributed by atoms with E-state index in [1.165, 1.54) is 0 Å². The smallest absolute Gasteiger partial charge is 0.305 e. The fourth-order valence-corrected chi connectivity index (χ4v) is 2.64. The molecule has 21 heavy (non-hydrogen) atoms. The van der Waals surface area contributed by atoms with Gasteiger partial charge < -0.3 is 15.2 Å². The Morgan fingerprint density at radius 3 is 2.62 bits per heavy atom. The van der Waals surface area contributed by atoms with E-state index in [2.05, 4.69) is 5.32 Å². The van der Waals surface area contributed by atoms with Gasteiger partial charge in [-0.2, -0.15) is 0 Å². The van der Waals surface area contributed by atoms with Crippen LogP contribution < -0.4 is 5.32 Å². The highest BCUT2D eigenvalue weighted by Gasteiger charge is 2.26. The maximum atomic E-state index is 12.3. The predicted octanol–water partition coefficient (Wildman–Crippen LogP) is 2.05. The van der Waals surface area contributed by atoms with Gasteiger partial charge in [0.1, 0.15) is 0 Å². The molecule has 1 aromatic carbocycles. The Balaban J connectivity index is 2.11. The minimum Gasteiger partial charge on any atom is -0.481 e. The topological polar surface area (TPSA) is 75.6 Å². The summed E-state index contributed by atoms with van der Waals surface area (Å²) >= 11 is 0. The first-order valence-corrected chi connectivity index (χ1v) is 7.23. The van der Waals surface area contributed by atoms with Crippen molar-refractivity contribution in [2.75, 3.05) is 13.2 Å². The van der Waals surface area contributed by atoms with Crippen LogP contribution in [0.3, 0.4) is 0 Å². The number of carbonyl (C=O) groups is 2. The summed E-state index contributed by atoms with van der Waals surface area (Å²) in [5.74, 6) is -1.08. The van der Waals surface area contributed by atoms with Crippen molar-refractivity contribution in [2.24, 2.45) is 5.92 Å². The van der Waals surface area contributed by atoms with Crippen LogP contribution >= 0.6 is 0 Å². The van der Waals surface area contributed by atoms with Gasteiger partial charge in [-0.1, -0.05) is 24.3 Å². The van der Waals surface area contributed by atoms with E-state index in [1.54, 1.807) is 0 Å². The minimum atomic E-state index is -0.921. The Hall–Kier alpha value is -1.88. The molecule has 1 aliphatic rings. The lowest BCUT2D eigenvalue weighted by molar-refractivity contribution is -0.138. The van der Waals surface area contributed by atoms with E-state index in [0.717, 1.165) is 11.1 Å². The lowest BCUT2D eigenvalue weighted by atomic mass is 9.95. The highest BCUT2D eigenvalue weighted by molar-refractivity contribution is 5.80. The Labute approximate surface area is 124 Å². The number of rotatable bonds is 5. The summed E-state index contributed by atoms with van der Waals surface area (Å²) in [5, 5.41) is 12.0. The lowest BCUT2D eigenvalue weighted by Crippen LogP contribution is -2.37. The first kappa shape index (κ1) is 15.5. The summed E-state index contributed by atoms with van der Waals surface area (Å²) in [7, 11) is 0. The first-order chi connectivity index (χ1) is 10.1. The standard InChI is InChI=1S/C16H21NO4/c1-11-4-2-3-5-13(11)14(10-15(18)19)17-16(20)12-6-8-21-9-7-12/h2-5,12,14H,6-10H2,1H3,(H,17,20)(H,18,19). The molecule has 1 atom stereocenters. The highest BCUT2D eigenvalue weighted by Crippen LogP contribution is 2.23. The molecule has 5 heteroatoms. The van der Waals surface area contributed by atoms with E-state index >= 15 is 0 Å². The zero-order valence-corrected chi connectivity index (χ0v) is 12.2. The lowest BCUT2D eigenvalue weighted by Gasteiger charge is -2.25. The maximum absolute atomic E-state index is 12.3. The van der Waals surface area contributed by atoms with Gasteiger partial charge in [0.05, 0.1) is 12.5 Å². The average Bonchev–Trinajstić information content (AvgIpc) is 2.47. The van der Waals surface area contributed by atoms with Crippen LogP contribution in [0.1, 0.15) is 36.4 Å². The van der Waals surface area contributed by atoms with Gasteiger partial charge in [-0.25, -0.2) is 0 Å². The van der Waals surface area contributed by atoms with E-state index in [9.17, 15) is 9.59 Å². The zero-order valence-electron chi connectivity index (χ0n) is 12.2. The van der Waals surface area contributed by atoms with E-state index in [1.807, 2.05) is 31.2 Å². The molecule has 2 N–H and O–H groups in total. The molecule has 0 saturated carbocycles. The summed E-state index contributed by atoms with van der Waals surface area (Å²) in [6, 6.07) is 7.06. The average molecular weight is 291 g/mol. The Morgan fingerprint density at radius 1 is 1.33 bits per heavy atom. The number of carbonyl (C=O) groups excluding carboxylic acids is 1. The van der Waals surface area contributed by atoms with Crippen molar-refractivity contribution in [2.45, 2.75) is 32.2 Å². The van der Waals surface area contributed by atoms with Crippen LogP contribution in [0.25, 0.3) is 0 Å². The van der Waals surface area contributed by atoms with Gasteiger partial charge in [-0.05, 0) is 30.9 Å². The van der Waals surface area contributed by atoms with Gasteiger partial charge in [0.25, 0.3) is 0 Å². The Kier molecular flexibility index (Phi) is 5.33. The number of ether oxygens (including phenoxy) is 1. The van der Waals surface area contributed by atoms with Crippen LogP contribution in [-0.2, 0) is 14.3 Å². The monoisotopic (exact) mass is 291 g/mol. The first-order valence-electron chi connectivity index (χ1n) is 7.23. The van der Waals surface area contributed by atoms with E-state index in [4.69, 9.17) is 9.84 Å². The fourth-order valence-electron chi connectivity index (χ4n) is 2.64. The SMILES string of the molecule is Cc1ccccc1C(CC(=O)O)NC(=O)C1CCOCC1. The quantitative estimate of drug-likeness (QED) is 0.870. The number of hydrogen-bond acceptors (Lipinski definition) is 3. The second kappa shape index (κ2) is 7.22. The van der Waals surface area contributed by atoms with Gasteiger partial charge >= 0.3 is 5.97 Å². The van der Waals surface area contributed by atoms with Gasteiger partial charge in [0, 0.05) is 19.1 Å². The van der Waals surface area contributed by atoms with Crippen molar-refractivity contribution < 1.29 is 19.4 Å². The molecule has 1 unspecified atom stereocenters. The molecule has 1 fully saturated rings. The van der Waals surface area contributed by atoms with Crippen LogP contribution in [0.4, 0.5) is 0 Å². The zero-order chi connectivity index (χ0) is 15.2. The molecule has 0 bridgehead atoms. The van der Waals surface area contributed by atoms with Crippen LogP contribution in [0.5, 0.6) is 0 Å². The third-order valence-electron chi connectivity index (χ3n) is 3.85. The summed E-state index contributed by atoms with van der Waals surface area (Å²) in [6.45, 7) is 3.10. The van der Waals surface area contributed by atoms with Crippen LogP contribution in [0, 0.1) is 12.8 Å². The fraction of sp³-hybridized carbons (Fsp3) is 0.500. The molecule has 1 heterocycles. The van der Waals surface area contributed by atoms with E-state index in [0.29, 0.717) is 26.1 Å². The summed E-state index contributed by atoms with van der Waals surface area (Å²) in [6.07, 6.45) is 1.28. The molecule has 1 amide bonds. The van der Waals surface area contributed by atoms with Gasteiger partial charge in [0.15, 0.2) is 0 Å². The number of amides is 1. The van der Waals surface area contributed by atoms with Crippen molar-refractivity contribution in [3.05, 3.63) is 35.4 Å². The van der Waals surface area contributed by atoms with Crippen molar-refractivity contribution in [1.29, 1.82) is 0 Å². The van der Waals surface area contributed by atoms with Crippen LogP contribution in [0.2, 0.25) is 0 Å². The van der Waals surface area contributed by atoms with Crippen molar-refractivity contribution in [1.82, 2.24) is 5.32 Å². The van der Waals surface area contributed by atoms with Gasteiger partial charge in [0.2, 0.25) is 5.91 Å². The number of aliphatic carboxylic acids is 1. The molecule has 2 rings (SSSR count). The number of carboxylic acids is 1. The number of hydrogen-bond donors (Lipinski definition) is 2. The molecular formula is C16H21NO4. The predicted molar refractivity (Wildman–Crippen MR) is 77.9 cm³/mol. The highest BCUT2D eigenvalue weighted by atomic mass is 16.5. The third kappa shape index (κ3) is 4.29. The third-order valence-corrected chi connectivity index (χ3v) is 3.85. The van der Waals surface area contributed by atoms with Crippen molar-refractivity contribution >= 4 is 11.9 Å². The minimum absolute atomic E-state index is 0.0761. The molecule has 114 valence electrons. The Morgan fingerprint density at radius 2 is 2.00 bits per heavy atom. The number of benzene rings is 1.